The number of benzene rings is 1. The second-order valence-electron chi connectivity index (χ2n) is 4.80. The van der Waals surface area contributed by atoms with Crippen molar-refractivity contribution in [1.29, 1.82) is 0 Å². The Kier molecular flexibility index (Phi) is 6.88. The zero-order chi connectivity index (χ0) is 16.5. The molecule has 1 aromatic carbocycles. The molecule has 0 saturated heterocycles. The van der Waals surface area contributed by atoms with Crippen LogP contribution in [0.1, 0.15) is 25.8 Å². The van der Waals surface area contributed by atoms with Crippen LogP contribution in [0.5, 0.6) is 11.5 Å². The molecule has 0 saturated carbocycles. The van der Waals surface area contributed by atoms with Crippen molar-refractivity contribution in [1.82, 2.24) is 10.7 Å². The Morgan fingerprint density at radius 3 is 2.55 bits per heavy atom. The lowest BCUT2D eigenvalue weighted by molar-refractivity contribution is -0.129. The normalized spacial score (nSPS) is 10.6. The Morgan fingerprint density at radius 1 is 1.23 bits per heavy atom. The summed E-state index contributed by atoms with van der Waals surface area (Å²) in [6.07, 6.45) is 1.16. The number of hydrazone groups is 1. The maximum absolute atomic E-state index is 11.6. The molecule has 0 atom stereocenters. The van der Waals surface area contributed by atoms with Crippen molar-refractivity contribution in [3.8, 4) is 11.5 Å². The number of rotatable bonds is 7. The van der Waals surface area contributed by atoms with Crippen LogP contribution in [0.25, 0.3) is 0 Å². The van der Waals surface area contributed by atoms with Gasteiger partial charge in [-0.05, 0) is 32.0 Å². The number of hydrogen-bond donors (Lipinski definition) is 2. The third-order valence-corrected chi connectivity index (χ3v) is 2.60. The van der Waals surface area contributed by atoms with E-state index in [2.05, 4.69) is 15.8 Å². The van der Waals surface area contributed by atoms with E-state index < -0.39 is 5.91 Å². The molecule has 0 fully saturated rings. The molecule has 7 nitrogen and oxygen atoms in total. The fraction of sp³-hybridized carbons (Fsp3) is 0.400. The zero-order valence-electron chi connectivity index (χ0n) is 13.2. The van der Waals surface area contributed by atoms with Gasteiger partial charge in [-0.1, -0.05) is 0 Å². The van der Waals surface area contributed by atoms with Gasteiger partial charge in [-0.15, -0.1) is 0 Å². The van der Waals surface area contributed by atoms with Gasteiger partial charge in [0.25, 0.3) is 0 Å². The summed E-state index contributed by atoms with van der Waals surface area (Å²) in [7, 11) is 3.09. The predicted molar refractivity (Wildman–Crippen MR) is 83.2 cm³/mol. The molecule has 2 amide bonds. The third-order valence-electron chi connectivity index (χ3n) is 2.60. The fourth-order valence-electron chi connectivity index (χ4n) is 1.67. The maximum Gasteiger partial charge on any atom is 0.249 e. The Bertz CT molecular complexity index is 556. The number of amides is 2. The number of carbonyl (C=O) groups excluding carboxylic acids is 2. The maximum atomic E-state index is 11.6. The molecule has 0 heterocycles. The standard InChI is InChI=1S/C15H21N3O4/c1-10(2)17-14(19)8-15(20)18-16-9-11-7-12(21-3)5-6-13(11)22-4/h5-7,9-10H,8H2,1-4H3,(H,17,19)(H,18,20)/b16-9-. The van der Waals surface area contributed by atoms with E-state index in [1.54, 1.807) is 25.3 Å². The van der Waals surface area contributed by atoms with Crippen molar-refractivity contribution in [2.75, 3.05) is 14.2 Å². The van der Waals surface area contributed by atoms with Crippen LogP contribution in [0.4, 0.5) is 0 Å². The van der Waals surface area contributed by atoms with Gasteiger partial charge in [0.15, 0.2) is 0 Å². The van der Waals surface area contributed by atoms with Gasteiger partial charge in [0.05, 0.1) is 20.4 Å². The molecule has 2 N–H and O–H groups in total. The quantitative estimate of drug-likeness (QED) is 0.448. The van der Waals surface area contributed by atoms with Gasteiger partial charge in [0, 0.05) is 11.6 Å². The summed E-state index contributed by atoms with van der Waals surface area (Å²) in [6, 6.07) is 5.20. The van der Waals surface area contributed by atoms with E-state index in [4.69, 9.17) is 9.47 Å². The minimum absolute atomic E-state index is 0.00940. The third kappa shape index (κ3) is 5.82. The monoisotopic (exact) mass is 307 g/mol. The Morgan fingerprint density at radius 2 is 1.95 bits per heavy atom. The first-order chi connectivity index (χ1) is 10.5. The fourth-order valence-corrected chi connectivity index (χ4v) is 1.67. The number of nitrogens with one attached hydrogen (secondary N) is 2. The molecule has 0 aliphatic rings. The van der Waals surface area contributed by atoms with E-state index in [1.807, 2.05) is 13.8 Å². The molecule has 22 heavy (non-hydrogen) atoms. The molecule has 0 aliphatic carbocycles. The van der Waals surface area contributed by atoms with Gasteiger partial charge in [0.1, 0.15) is 17.9 Å². The predicted octanol–water partition coefficient (Wildman–Crippen LogP) is 1.07. The van der Waals surface area contributed by atoms with Crippen molar-refractivity contribution in [3.63, 3.8) is 0 Å². The van der Waals surface area contributed by atoms with Crippen LogP contribution in [-0.4, -0.2) is 38.3 Å². The highest BCUT2D eigenvalue weighted by atomic mass is 16.5. The van der Waals surface area contributed by atoms with Crippen molar-refractivity contribution in [3.05, 3.63) is 23.8 Å². The highest BCUT2D eigenvalue weighted by Crippen LogP contribution is 2.22. The summed E-state index contributed by atoms with van der Waals surface area (Å²) in [5.74, 6) is 0.402. The van der Waals surface area contributed by atoms with E-state index in [-0.39, 0.29) is 18.4 Å². The van der Waals surface area contributed by atoms with Gasteiger partial charge in [-0.25, -0.2) is 5.43 Å². The minimum Gasteiger partial charge on any atom is -0.497 e. The average Bonchev–Trinajstić information content (AvgIpc) is 2.46. The summed E-state index contributed by atoms with van der Waals surface area (Å²) >= 11 is 0. The second-order valence-corrected chi connectivity index (χ2v) is 4.80. The van der Waals surface area contributed by atoms with Gasteiger partial charge < -0.3 is 14.8 Å². The summed E-state index contributed by atoms with van der Waals surface area (Å²) in [6.45, 7) is 3.64. The van der Waals surface area contributed by atoms with Crippen LogP contribution in [0, 0.1) is 0 Å². The lowest BCUT2D eigenvalue weighted by atomic mass is 10.2. The molecule has 0 aliphatic heterocycles. The molecule has 120 valence electrons. The first-order valence-corrected chi connectivity index (χ1v) is 6.79. The van der Waals surface area contributed by atoms with Gasteiger partial charge in [0.2, 0.25) is 11.8 Å². The highest BCUT2D eigenvalue weighted by molar-refractivity contribution is 5.97. The summed E-state index contributed by atoms with van der Waals surface area (Å²) in [5, 5.41) is 6.44. The largest absolute Gasteiger partial charge is 0.497 e. The molecule has 0 unspecified atom stereocenters. The van der Waals surface area contributed by atoms with Gasteiger partial charge in [-0.2, -0.15) is 5.10 Å². The minimum atomic E-state index is -0.490. The van der Waals surface area contributed by atoms with Crippen molar-refractivity contribution >= 4 is 18.0 Å². The van der Waals surface area contributed by atoms with E-state index in [9.17, 15) is 9.59 Å². The van der Waals surface area contributed by atoms with Gasteiger partial charge in [-0.3, -0.25) is 9.59 Å². The van der Waals surface area contributed by atoms with Crippen LogP contribution >= 0.6 is 0 Å². The topological polar surface area (TPSA) is 89.0 Å². The summed E-state index contributed by atoms with van der Waals surface area (Å²) < 4.78 is 10.3. The molecule has 0 spiro atoms. The number of hydrogen-bond acceptors (Lipinski definition) is 5. The molecule has 1 aromatic rings. The Hall–Kier alpha value is -2.57. The Labute approximate surface area is 129 Å². The number of carbonyl (C=O) groups is 2. The molecule has 7 heteroatoms. The lowest BCUT2D eigenvalue weighted by Crippen LogP contribution is -2.34. The van der Waals surface area contributed by atoms with E-state index in [0.717, 1.165) is 0 Å². The summed E-state index contributed by atoms with van der Waals surface area (Å²) in [5.41, 5.74) is 2.94. The van der Waals surface area contributed by atoms with Crippen molar-refractivity contribution in [2.45, 2.75) is 26.3 Å². The zero-order valence-corrected chi connectivity index (χ0v) is 13.2. The van der Waals surface area contributed by atoms with E-state index in [0.29, 0.717) is 17.1 Å². The number of nitrogens with zero attached hydrogens (tertiary/aromatic N) is 1. The van der Waals surface area contributed by atoms with Crippen LogP contribution in [0.3, 0.4) is 0 Å². The first kappa shape index (κ1) is 17.5. The average molecular weight is 307 g/mol. The second kappa shape index (κ2) is 8.66. The summed E-state index contributed by atoms with van der Waals surface area (Å²) in [4.78, 5) is 23.0. The Balaban J connectivity index is 2.61. The van der Waals surface area contributed by atoms with Crippen LogP contribution in [0.15, 0.2) is 23.3 Å². The van der Waals surface area contributed by atoms with E-state index >= 15 is 0 Å². The SMILES string of the molecule is COc1ccc(OC)c(/C=N\NC(=O)CC(=O)NC(C)C)c1. The van der Waals surface area contributed by atoms with E-state index in [1.165, 1.54) is 13.3 Å². The lowest BCUT2D eigenvalue weighted by Gasteiger charge is -2.07. The molecule has 0 radical (unpaired) electrons. The van der Waals surface area contributed by atoms with Crippen LogP contribution in [0.2, 0.25) is 0 Å². The van der Waals surface area contributed by atoms with Crippen molar-refractivity contribution < 1.29 is 19.1 Å². The molecular formula is C15H21N3O4. The van der Waals surface area contributed by atoms with Gasteiger partial charge >= 0.3 is 0 Å². The molecule has 0 aromatic heterocycles. The highest BCUT2D eigenvalue weighted by Gasteiger charge is 2.09. The molecule has 1 rings (SSSR count). The van der Waals surface area contributed by atoms with Crippen LogP contribution in [-0.2, 0) is 9.59 Å². The number of methoxy groups -OCH3 is 2. The first-order valence-electron chi connectivity index (χ1n) is 6.79. The van der Waals surface area contributed by atoms with Crippen LogP contribution < -0.4 is 20.2 Å². The van der Waals surface area contributed by atoms with Crippen molar-refractivity contribution in [2.24, 2.45) is 5.10 Å². The molecule has 0 bridgehead atoms. The molecular weight excluding hydrogens is 286 g/mol. The smallest absolute Gasteiger partial charge is 0.249 e. The number of ether oxygens (including phenoxy) is 2.